The van der Waals surface area contributed by atoms with Crippen molar-refractivity contribution in [1.82, 2.24) is 20.1 Å². The van der Waals surface area contributed by atoms with Gasteiger partial charge in [0.15, 0.2) is 0 Å². The van der Waals surface area contributed by atoms with Gasteiger partial charge in [0.25, 0.3) is 11.1 Å². The summed E-state index contributed by atoms with van der Waals surface area (Å²) in [6.07, 6.45) is 0. The highest BCUT2D eigenvalue weighted by molar-refractivity contribution is 7.99. The average Bonchev–Trinajstić information content (AvgIpc) is 3.18. The van der Waals surface area contributed by atoms with E-state index >= 15 is 0 Å². The van der Waals surface area contributed by atoms with Crippen LogP contribution in [0, 0.1) is 19.7 Å². The monoisotopic (exact) mass is 392 g/mol. The number of thiazole rings is 1. The number of aryl methyl sites for hydroxylation is 2. The third-order valence-corrected chi connectivity index (χ3v) is 5.42. The van der Waals surface area contributed by atoms with Gasteiger partial charge in [0.1, 0.15) is 10.7 Å². The Morgan fingerprint density at radius 1 is 1.35 bits per heavy atom. The number of carbonyl (C=O) groups is 1. The number of carbonyl (C=O) groups excluding carboxylic acids is 1. The highest BCUT2D eigenvalue weighted by Gasteiger charge is 2.17. The van der Waals surface area contributed by atoms with Gasteiger partial charge < -0.3 is 9.32 Å². The summed E-state index contributed by atoms with van der Waals surface area (Å²) in [6.45, 7) is 4.15. The summed E-state index contributed by atoms with van der Waals surface area (Å²) >= 11 is 2.67. The van der Waals surface area contributed by atoms with Crippen molar-refractivity contribution >= 4 is 29.0 Å². The van der Waals surface area contributed by atoms with Gasteiger partial charge in [-0.3, -0.25) is 4.79 Å². The van der Waals surface area contributed by atoms with E-state index in [9.17, 15) is 9.18 Å². The lowest BCUT2D eigenvalue weighted by atomic mass is 10.2. The maximum absolute atomic E-state index is 13.2. The van der Waals surface area contributed by atoms with E-state index in [0.717, 1.165) is 21.1 Å². The number of benzene rings is 1. The first-order chi connectivity index (χ1) is 12.4. The zero-order valence-corrected chi connectivity index (χ0v) is 16.2. The van der Waals surface area contributed by atoms with Crippen molar-refractivity contribution in [2.75, 3.05) is 12.8 Å². The zero-order chi connectivity index (χ0) is 18.7. The molecule has 0 atom stereocenters. The van der Waals surface area contributed by atoms with E-state index in [1.807, 2.05) is 13.8 Å². The van der Waals surface area contributed by atoms with Gasteiger partial charge in [0.05, 0.1) is 16.5 Å². The molecule has 0 aliphatic heterocycles. The number of hydrogen-bond donors (Lipinski definition) is 0. The molecule has 0 saturated heterocycles. The fourth-order valence-electron chi connectivity index (χ4n) is 2.32. The third kappa shape index (κ3) is 4.47. The molecule has 0 N–H and O–H groups in total. The predicted octanol–water partition coefficient (Wildman–Crippen LogP) is 3.70. The molecular formula is C17H17FN4O2S2. The third-order valence-electron chi connectivity index (χ3n) is 3.56. The molecule has 0 saturated carbocycles. The molecule has 1 aromatic carbocycles. The fourth-order valence-corrected chi connectivity index (χ4v) is 3.87. The van der Waals surface area contributed by atoms with Crippen LogP contribution in [0.25, 0.3) is 10.8 Å². The zero-order valence-electron chi connectivity index (χ0n) is 14.5. The Morgan fingerprint density at radius 2 is 2.15 bits per heavy atom. The Balaban J connectivity index is 1.57. The molecule has 6 nitrogen and oxygen atoms in total. The number of aromatic nitrogens is 3. The van der Waals surface area contributed by atoms with Crippen LogP contribution >= 0.6 is 23.1 Å². The molecule has 3 aromatic rings. The van der Waals surface area contributed by atoms with Gasteiger partial charge in [-0.1, -0.05) is 23.9 Å². The molecule has 2 aromatic heterocycles. The summed E-state index contributed by atoms with van der Waals surface area (Å²) in [4.78, 5) is 19.0. The first-order valence-corrected chi connectivity index (χ1v) is 9.61. The number of hydrogen-bond acceptors (Lipinski definition) is 7. The van der Waals surface area contributed by atoms with Crippen molar-refractivity contribution in [1.29, 1.82) is 0 Å². The van der Waals surface area contributed by atoms with Crippen molar-refractivity contribution in [2.45, 2.75) is 25.6 Å². The lowest BCUT2D eigenvalue weighted by Gasteiger charge is -2.16. The van der Waals surface area contributed by atoms with Crippen molar-refractivity contribution in [3.05, 3.63) is 46.3 Å². The normalized spacial score (nSPS) is 10.9. The molecule has 136 valence electrons. The lowest BCUT2D eigenvalue weighted by molar-refractivity contribution is -0.127. The van der Waals surface area contributed by atoms with E-state index in [-0.39, 0.29) is 17.5 Å². The van der Waals surface area contributed by atoms with Crippen LogP contribution in [0.4, 0.5) is 4.39 Å². The number of amides is 1. The Labute approximate surface area is 158 Å². The van der Waals surface area contributed by atoms with Crippen LogP contribution in [-0.2, 0) is 11.3 Å². The summed E-state index contributed by atoms with van der Waals surface area (Å²) in [6, 6.07) is 6.20. The van der Waals surface area contributed by atoms with E-state index in [4.69, 9.17) is 4.42 Å². The molecule has 2 heterocycles. The molecule has 3 rings (SSSR count). The molecule has 9 heteroatoms. The van der Waals surface area contributed by atoms with Crippen molar-refractivity contribution in [3.63, 3.8) is 0 Å². The van der Waals surface area contributed by atoms with Crippen LogP contribution in [0.3, 0.4) is 0 Å². The minimum Gasteiger partial charge on any atom is -0.410 e. The van der Waals surface area contributed by atoms with Crippen LogP contribution in [0.5, 0.6) is 0 Å². The van der Waals surface area contributed by atoms with Crippen LogP contribution in [-0.4, -0.2) is 38.8 Å². The largest absolute Gasteiger partial charge is 0.410 e. The van der Waals surface area contributed by atoms with Crippen molar-refractivity contribution in [3.8, 4) is 10.8 Å². The first kappa shape index (κ1) is 18.5. The second-order valence-electron chi connectivity index (χ2n) is 5.69. The van der Waals surface area contributed by atoms with Crippen LogP contribution < -0.4 is 0 Å². The minimum absolute atomic E-state index is 0.108. The van der Waals surface area contributed by atoms with Gasteiger partial charge in [-0.2, -0.15) is 0 Å². The molecule has 26 heavy (non-hydrogen) atoms. The van der Waals surface area contributed by atoms with Gasteiger partial charge in [0, 0.05) is 13.6 Å². The molecule has 0 bridgehead atoms. The Hall–Kier alpha value is -2.26. The van der Waals surface area contributed by atoms with Crippen LogP contribution in [0.2, 0.25) is 0 Å². The molecule has 1 amide bonds. The fraction of sp³-hybridized carbons (Fsp3) is 0.294. The van der Waals surface area contributed by atoms with E-state index in [0.29, 0.717) is 17.7 Å². The quantitative estimate of drug-likeness (QED) is 0.596. The topological polar surface area (TPSA) is 72.1 Å². The SMILES string of the molecule is Cc1nc(C)c(-c2nnc(SCC(=O)N(C)Cc3cccc(F)c3)o2)s1. The molecule has 0 unspecified atom stereocenters. The molecule has 0 spiro atoms. The van der Waals surface area contributed by atoms with Crippen molar-refractivity contribution in [2.24, 2.45) is 0 Å². The van der Waals surface area contributed by atoms with Gasteiger partial charge >= 0.3 is 0 Å². The molecule has 0 radical (unpaired) electrons. The Bertz CT molecular complexity index is 925. The molecule has 0 fully saturated rings. The Morgan fingerprint density at radius 3 is 2.85 bits per heavy atom. The predicted molar refractivity (Wildman–Crippen MR) is 98.5 cm³/mol. The van der Waals surface area contributed by atoms with E-state index < -0.39 is 0 Å². The highest BCUT2D eigenvalue weighted by atomic mass is 32.2. The summed E-state index contributed by atoms with van der Waals surface area (Å²) in [7, 11) is 1.68. The first-order valence-electron chi connectivity index (χ1n) is 7.81. The summed E-state index contributed by atoms with van der Waals surface area (Å²) in [5.74, 6) is 0.151. The summed E-state index contributed by atoms with van der Waals surface area (Å²) in [5.41, 5.74) is 1.58. The molecule has 0 aliphatic carbocycles. The van der Waals surface area contributed by atoms with E-state index in [1.165, 1.54) is 40.1 Å². The van der Waals surface area contributed by atoms with E-state index in [2.05, 4.69) is 15.2 Å². The molecule has 0 aliphatic rings. The van der Waals surface area contributed by atoms with E-state index in [1.54, 1.807) is 19.2 Å². The minimum atomic E-state index is -0.315. The van der Waals surface area contributed by atoms with Crippen LogP contribution in [0.15, 0.2) is 33.9 Å². The number of thioether (sulfide) groups is 1. The number of nitrogens with zero attached hydrogens (tertiary/aromatic N) is 4. The van der Waals surface area contributed by atoms with Crippen LogP contribution in [0.1, 0.15) is 16.3 Å². The number of rotatable bonds is 6. The second kappa shape index (κ2) is 7.96. The van der Waals surface area contributed by atoms with Gasteiger partial charge in [-0.15, -0.1) is 21.5 Å². The van der Waals surface area contributed by atoms with Gasteiger partial charge in [-0.05, 0) is 31.5 Å². The van der Waals surface area contributed by atoms with Gasteiger partial charge in [-0.25, -0.2) is 9.37 Å². The standard InChI is InChI=1S/C17H17FN4O2S2/c1-10-15(26-11(2)19-10)16-20-21-17(24-16)25-9-14(23)22(3)8-12-5-4-6-13(18)7-12/h4-7H,8-9H2,1-3H3. The second-order valence-corrected chi connectivity index (χ2v) is 7.82. The summed E-state index contributed by atoms with van der Waals surface area (Å²) < 4.78 is 18.8. The van der Waals surface area contributed by atoms with Crippen molar-refractivity contribution < 1.29 is 13.6 Å². The maximum atomic E-state index is 13.2. The average molecular weight is 392 g/mol. The number of halogens is 1. The highest BCUT2D eigenvalue weighted by Crippen LogP contribution is 2.30. The van der Waals surface area contributed by atoms with Gasteiger partial charge in [0.2, 0.25) is 5.91 Å². The molecular weight excluding hydrogens is 375 g/mol. The lowest BCUT2D eigenvalue weighted by Crippen LogP contribution is -2.27. The Kier molecular flexibility index (Phi) is 5.67. The maximum Gasteiger partial charge on any atom is 0.277 e. The smallest absolute Gasteiger partial charge is 0.277 e. The summed E-state index contributed by atoms with van der Waals surface area (Å²) in [5, 5.41) is 9.26.